The minimum atomic E-state index is 1.50. The Kier molecular flexibility index (Phi) is 12.4. The molecule has 0 aromatic heterocycles. The molecule has 11 heteroatoms. The summed E-state index contributed by atoms with van der Waals surface area (Å²) in [6, 6.07) is 0. The Morgan fingerprint density at radius 1 is 0.667 bits per heavy atom. The fourth-order valence-electron chi connectivity index (χ4n) is 0.560. The van der Waals surface area contributed by atoms with E-state index in [1.54, 1.807) is 7.06 Å². The van der Waals surface area contributed by atoms with Crippen molar-refractivity contribution in [3.63, 3.8) is 0 Å². The van der Waals surface area contributed by atoms with Crippen LogP contribution >= 0.6 is 0 Å². The second kappa shape index (κ2) is 11.7. The highest BCUT2D eigenvalue weighted by Crippen LogP contribution is 1.58. The molecule has 0 aliphatic carbocycles. The molecule has 0 aromatic rings. The van der Waals surface area contributed by atoms with Crippen LogP contribution in [0.4, 0.5) is 0 Å². The molecule has 0 aliphatic heterocycles. The zero-order valence-corrected chi connectivity index (χ0v) is 7.35. The van der Waals surface area contributed by atoms with E-state index in [9.17, 15) is 0 Å². The molecule has 0 rings (SSSR count). The lowest BCUT2D eigenvalue weighted by Gasteiger charge is -1.94. The van der Waals surface area contributed by atoms with Crippen molar-refractivity contribution >= 4 is 78.5 Å². The van der Waals surface area contributed by atoms with Gasteiger partial charge in [0.2, 0.25) is 0 Å². The second-order valence-electron chi connectivity index (χ2n) is 2.07. The van der Waals surface area contributed by atoms with Crippen LogP contribution in [0.3, 0.4) is 0 Å². The van der Waals surface area contributed by atoms with Gasteiger partial charge in [0.25, 0.3) is 0 Å². The lowest BCUT2D eigenvalue weighted by atomic mass is 8.88. The van der Waals surface area contributed by atoms with Crippen LogP contribution in [0.1, 0.15) is 0 Å². The fraction of sp³-hybridized carbons (Fsp3) is 1.00. The molecule has 0 saturated carbocycles. The standard InChI is InChI=1S/CH3B11/c1-3-5-7-9-11-12-10-8-6-4-2/h1H3. The maximum atomic E-state index is 5.13. The molecule has 0 fully saturated rings. The highest BCUT2D eigenvalue weighted by atomic mass is 12.8. The molecule has 0 aliphatic rings. The minimum Gasteiger partial charge on any atom is -0.101 e. The van der Waals surface area contributed by atoms with Crippen molar-refractivity contribution < 1.29 is 0 Å². The van der Waals surface area contributed by atoms with E-state index in [1.807, 2.05) is 63.4 Å². The summed E-state index contributed by atoms with van der Waals surface area (Å²) in [4.78, 5) is 0. The Morgan fingerprint density at radius 3 is 1.50 bits per heavy atom. The molecular weight excluding hydrogens is 131 g/mol. The van der Waals surface area contributed by atoms with Crippen molar-refractivity contribution in [3.05, 3.63) is 0 Å². The third-order valence-electron chi connectivity index (χ3n) is 1.08. The summed E-state index contributed by atoms with van der Waals surface area (Å²) in [5.74, 6) is 0. The zero-order valence-electron chi connectivity index (χ0n) is 7.35. The Bertz CT molecular complexity index is 61.4. The van der Waals surface area contributed by atoms with E-state index in [2.05, 4.69) is 0 Å². The number of rotatable bonds is 9. The summed E-state index contributed by atoms with van der Waals surface area (Å²) in [6.07, 6.45) is 0. The summed E-state index contributed by atoms with van der Waals surface area (Å²) < 4.78 is 0. The van der Waals surface area contributed by atoms with E-state index in [0.29, 0.717) is 0 Å². The van der Waals surface area contributed by atoms with E-state index in [4.69, 9.17) is 7.74 Å². The van der Waals surface area contributed by atoms with Gasteiger partial charge in [-0.2, -0.15) is 0 Å². The van der Waals surface area contributed by atoms with Gasteiger partial charge in [0, 0.05) is 71.3 Å². The molecule has 0 saturated heterocycles. The molecule has 0 heterocycles. The molecular formula is CH3B11. The third-order valence-corrected chi connectivity index (χ3v) is 1.08. The van der Waals surface area contributed by atoms with Crippen molar-refractivity contribution in [1.29, 1.82) is 0 Å². The Morgan fingerprint density at radius 2 is 1.08 bits per heavy atom. The predicted octanol–water partition coefficient (Wildman–Crippen LogP) is -3.60. The monoisotopic (exact) mass is 136 g/mol. The first-order chi connectivity index (χ1) is 5.91. The van der Waals surface area contributed by atoms with Crippen LogP contribution in [0.5, 0.6) is 0 Å². The van der Waals surface area contributed by atoms with Gasteiger partial charge in [-0.15, -0.1) is 6.82 Å². The molecule has 0 N–H and O–H groups in total. The van der Waals surface area contributed by atoms with E-state index in [0.717, 1.165) is 0 Å². The first kappa shape index (κ1) is 12.7. The largest absolute Gasteiger partial charge is 0.101 e. The van der Waals surface area contributed by atoms with E-state index in [-0.39, 0.29) is 0 Å². The van der Waals surface area contributed by atoms with E-state index < -0.39 is 0 Å². The molecule has 0 aromatic carbocycles. The van der Waals surface area contributed by atoms with Crippen LogP contribution in [0.2, 0.25) is 6.82 Å². The van der Waals surface area contributed by atoms with Gasteiger partial charge >= 0.3 is 0 Å². The zero-order chi connectivity index (χ0) is 9.07. The van der Waals surface area contributed by atoms with Crippen LogP contribution in [-0.4, -0.2) is 78.5 Å². The van der Waals surface area contributed by atoms with Crippen LogP contribution in [-0.2, 0) is 0 Å². The van der Waals surface area contributed by atoms with Crippen molar-refractivity contribution in [1.82, 2.24) is 0 Å². The summed E-state index contributed by atoms with van der Waals surface area (Å²) in [5, 5.41) is 0. The lowest BCUT2D eigenvalue weighted by Crippen LogP contribution is -2.32. The van der Waals surface area contributed by atoms with Gasteiger partial charge < -0.3 is 0 Å². The number of hydrogen-bond donors (Lipinski definition) is 0. The number of hydrogen-bond acceptors (Lipinski definition) is 0. The van der Waals surface area contributed by atoms with Crippen molar-refractivity contribution in [2.24, 2.45) is 0 Å². The van der Waals surface area contributed by atoms with Crippen LogP contribution in [0.15, 0.2) is 0 Å². The van der Waals surface area contributed by atoms with Gasteiger partial charge in [0.1, 0.15) is 0 Å². The molecule has 0 bridgehead atoms. The normalized spacial score (nSPS) is 7.08. The highest BCUT2D eigenvalue weighted by molar-refractivity contribution is 7.70. The average molecular weight is 134 g/mol. The maximum absolute atomic E-state index is 5.13. The fourth-order valence-corrected chi connectivity index (χ4v) is 0.560. The third kappa shape index (κ3) is 10.7. The average Bonchev–Trinajstić information content (AvgIpc) is 2.10. The highest BCUT2D eigenvalue weighted by Gasteiger charge is 1.95. The van der Waals surface area contributed by atoms with Crippen molar-refractivity contribution in [2.45, 2.75) is 6.82 Å². The molecule has 0 atom stereocenters. The SMILES string of the molecule is [B][B][B][B][B][B][B][B][B][B][B]C. The second-order valence-corrected chi connectivity index (χ2v) is 2.07. The summed E-state index contributed by atoms with van der Waals surface area (Å²) in [7, 11) is 24.0. The molecule has 0 unspecified atom stereocenters. The predicted molar refractivity (Wildman–Crippen MR) is 69.2 cm³/mol. The summed E-state index contributed by atoms with van der Waals surface area (Å²) in [6.45, 7) is 1.99. The van der Waals surface area contributed by atoms with Gasteiger partial charge in [-0.25, -0.2) is 0 Å². The van der Waals surface area contributed by atoms with Crippen LogP contribution < -0.4 is 0 Å². The molecule has 0 nitrogen and oxygen atoms in total. The van der Waals surface area contributed by atoms with Gasteiger partial charge in [-0.1, -0.05) is 0 Å². The first-order valence-electron chi connectivity index (χ1n) is 3.91. The van der Waals surface area contributed by atoms with Crippen molar-refractivity contribution in [3.8, 4) is 0 Å². The first-order valence-corrected chi connectivity index (χ1v) is 3.91. The summed E-state index contributed by atoms with van der Waals surface area (Å²) >= 11 is 0. The Hall–Kier alpha value is 0.714. The van der Waals surface area contributed by atoms with Gasteiger partial charge in [-0.3, -0.25) is 0 Å². The smallest absolute Gasteiger partial charge is 0.0502 e. The topological polar surface area (TPSA) is 0 Å². The molecule has 12 radical (unpaired) electrons. The summed E-state index contributed by atoms with van der Waals surface area (Å²) in [5.41, 5.74) is 0. The van der Waals surface area contributed by atoms with Crippen molar-refractivity contribution in [2.75, 3.05) is 0 Å². The lowest BCUT2D eigenvalue weighted by molar-refractivity contribution is 2.37. The maximum Gasteiger partial charge on any atom is 0.0502 e. The van der Waals surface area contributed by atoms with Crippen LogP contribution in [0, 0.1) is 0 Å². The van der Waals surface area contributed by atoms with Crippen LogP contribution in [0.25, 0.3) is 0 Å². The Balaban J connectivity index is 2.73. The van der Waals surface area contributed by atoms with E-state index >= 15 is 0 Å². The molecule has 40 valence electrons. The minimum absolute atomic E-state index is 1.50. The van der Waals surface area contributed by atoms with Gasteiger partial charge in [0.15, 0.2) is 0 Å². The van der Waals surface area contributed by atoms with E-state index in [1.165, 1.54) is 7.06 Å². The Labute approximate surface area is 85.6 Å². The molecule has 0 amide bonds. The molecule has 0 spiro atoms. The molecule has 12 heavy (non-hydrogen) atoms. The quantitative estimate of drug-likeness (QED) is 0.226. The van der Waals surface area contributed by atoms with Gasteiger partial charge in [-0.05, 0) is 0 Å². The van der Waals surface area contributed by atoms with Gasteiger partial charge in [0.05, 0.1) is 7.17 Å².